The summed E-state index contributed by atoms with van der Waals surface area (Å²) < 4.78 is 1.56. The number of aromatic nitrogens is 4. The first-order valence-electron chi connectivity index (χ1n) is 10.4. The van der Waals surface area contributed by atoms with Gasteiger partial charge < -0.3 is 4.90 Å². The van der Waals surface area contributed by atoms with E-state index in [-0.39, 0.29) is 5.78 Å². The minimum absolute atomic E-state index is 0.204. The van der Waals surface area contributed by atoms with Crippen LogP contribution in [0.15, 0.2) is 79.0 Å². The van der Waals surface area contributed by atoms with Gasteiger partial charge in [-0.15, -0.1) is 5.10 Å². The Morgan fingerprint density at radius 3 is 2.39 bits per heavy atom. The largest absolute Gasteiger partial charge is 0.383 e. The molecular formula is C26H22N6O. The predicted octanol–water partition coefficient (Wildman–Crippen LogP) is 4.29. The third-order valence-electron chi connectivity index (χ3n) is 5.07. The molecule has 4 aromatic rings. The summed E-state index contributed by atoms with van der Waals surface area (Å²) in [4.78, 5) is 15.5. The highest BCUT2D eigenvalue weighted by atomic mass is 16.1. The molecule has 0 unspecified atom stereocenters. The summed E-state index contributed by atoms with van der Waals surface area (Å²) in [5.74, 6) is 0.152. The van der Waals surface area contributed by atoms with Crippen molar-refractivity contribution in [1.29, 1.82) is 5.26 Å². The van der Waals surface area contributed by atoms with Crippen LogP contribution in [0.4, 0.5) is 0 Å². The van der Waals surface area contributed by atoms with E-state index in [0.29, 0.717) is 22.5 Å². The van der Waals surface area contributed by atoms with Crippen LogP contribution in [-0.2, 0) is 0 Å². The zero-order valence-electron chi connectivity index (χ0n) is 18.6. The summed E-state index contributed by atoms with van der Waals surface area (Å²) in [6, 6.07) is 24.5. The molecule has 7 nitrogen and oxygen atoms in total. The van der Waals surface area contributed by atoms with Crippen molar-refractivity contribution in [3.63, 3.8) is 0 Å². The maximum atomic E-state index is 13.7. The highest BCUT2D eigenvalue weighted by Crippen LogP contribution is 2.25. The number of carbonyl (C=O) groups excluding carboxylic acids is 1. The van der Waals surface area contributed by atoms with E-state index in [2.05, 4.69) is 21.6 Å². The third kappa shape index (κ3) is 4.70. The maximum absolute atomic E-state index is 13.7. The van der Waals surface area contributed by atoms with Gasteiger partial charge in [-0.25, -0.2) is 0 Å². The summed E-state index contributed by atoms with van der Waals surface area (Å²) >= 11 is 0. The average Bonchev–Trinajstić information content (AvgIpc) is 3.32. The number of hydrogen-bond acceptors (Lipinski definition) is 6. The molecule has 0 N–H and O–H groups in total. The van der Waals surface area contributed by atoms with E-state index in [9.17, 15) is 10.1 Å². The van der Waals surface area contributed by atoms with Gasteiger partial charge in [0.25, 0.3) is 0 Å². The van der Waals surface area contributed by atoms with Crippen molar-refractivity contribution in [2.24, 2.45) is 0 Å². The van der Waals surface area contributed by atoms with Gasteiger partial charge in [0.2, 0.25) is 0 Å². The van der Waals surface area contributed by atoms with E-state index in [1.807, 2.05) is 75.6 Å². The van der Waals surface area contributed by atoms with Gasteiger partial charge in [0.15, 0.2) is 11.6 Å². The van der Waals surface area contributed by atoms with Crippen LogP contribution in [0.5, 0.6) is 0 Å². The minimum Gasteiger partial charge on any atom is -0.383 e. The Kier molecular flexibility index (Phi) is 6.09. The molecule has 1 aromatic heterocycles. The molecule has 7 heteroatoms. The van der Waals surface area contributed by atoms with Crippen LogP contribution in [0.1, 0.15) is 27.3 Å². The van der Waals surface area contributed by atoms with Crippen molar-refractivity contribution in [1.82, 2.24) is 25.1 Å². The van der Waals surface area contributed by atoms with Gasteiger partial charge in [0.1, 0.15) is 0 Å². The molecule has 0 fully saturated rings. The number of Topliss-reactive ketones (excluding diaryl/α,β-unsaturated/α-hetero) is 1. The molecule has 0 amide bonds. The van der Waals surface area contributed by atoms with E-state index >= 15 is 0 Å². The number of nitrogens with zero attached hydrogens (tertiary/aromatic N) is 6. The second-order valence-corrected chi connectivity index (χ2v) is 7.86. The van der Waals surface area contributed by atoms with Gasteiger partial charge in [-0.3, -0.25) is 4.79 Å². The topological polar surface area (TPSA) is 87.7 Å². The second-order valence-electron chi connectivity index (χ2n) is 7.86. The van der Waals surface area contributed by atoms with Crippen molar-refractivity contribution >= 4 is 11.4 Å². The lowest BCUT2D eigenvalue weighted by Crippen LogP contribution is -2.13. The zero-order chi connectivity index (χ0) is 23.4. The van der Waals surface area contributed by atoms with Crippen molar-refractivity contribution in [2.45, 2.75) is 6.92 Å². The molecule has 0 radical (unpaired) electrons. The Labute approximate surface area is 192 Å². The first-order valence-corrected chi connectivity index (χ1v) is 10.4. The molecule has 4 rings (SSSR count). The van der Waals surface area contributed by atoms with E-state index in [1.54, 1.807) is 34.0 Å². The number of tetrazole rings is 1. The van der Waals surface area contributed by atoms with Crippen molar-refractivity contribution in [3.05, 3.63) is 102 Å². The molecule has 0 spiro atoms. The smallest absolute Gasteiger partial charge is 0.198 e. The Bertz CT molecular complexity index is 1380. The van der Waals surface area contributed by atoms with Gasteiger partial charge in [-0.05, 0) is 58.8 Å². The lowest BCUT2D eigenvalue weighted by atomic mass is 9.97. The second kappa shape index (κ2) is 9.28. The SMILES string of the molecule is Cc1ccc(-n2nnnc2C(=CN(C)C)C(=O)c2cccc(-c3cccc(C#N)c3)c2)cc1. The quantitative estimate of drug-likeness (QED) is 0.332. The van der Waals surface area contributed by atoms with Crippen LogP contribution < -0.4 is 0 Å². The first kappa shape index (κ1) is 21.7. The first-order chi connectivity index (χ1) is 16.0. The summed E-state index contributed by atoms with van der Waals surface area (Å²) in [6.45, 7) is 2.00. The van der Waals surface area contributed by atoms with E-state index in [1.165, 1.54) is 0 Å². The van der Waals surface area contributed by atoms with Gasteiger partial charge in [-0.1, -0.05) is 48.0 Å². The number of benzene rings is 3. The number of carbonyl (C=O) groups is 1. The molecule has 0 aliphatic heterocycles. The van der Waals surface area contributed by atoms with Gasteiger partial charge >= 0.3 is 0 Å². The van der Waals surface area contributed by atoms with Gasteiger partial charge in [0.05, 0.1) is 22.9 Å². The zero-order valence-corrected chi connectivity index (χ0v) is 18.6. The Hall–Kier alpha value is -4.57. The van der Waals surface area contributed by atoms with Crippen LogP contribution in [0.25, 0.3) is 22.4 Å². The van der Waals surface area contributed by atoms with Crippen LogP contribution in [0.2, 0.25) is 0 Å². The summed E-state index contributed by atoms with van der Waals surface area (Å²) in [7, 11) is 3.69. The number of aryl methyl sites for hydroxylation is 1. The molecule has 0 bridgehead atoms. The Morgan fingerprint density at radius 2 is 1.70 bits per heavy atom. The number of hydrogen-bond donors (Lipinski definition) is 0. The summed E-state index contributed by atoms with van der Waals surface area (Å²) in [5, 5.41) is 21.3. The van der Waals surface area contributed by atoms with E-state index in [4.69, 9.17) is 0 Å². The van der Waals surface area contributed by atoms with E-state index in [0.717, 1.165) is 22.4 Å². The number of rotatable bonds is 6. The standard InChI is InChI=1S/C26H22N6O/c1-18-10-12-23(13-11-18)32-26(28-29-30-32)24(17-31(2)3)25(33)22-9-5-8-21(15-22)20-7-4-6-19(14-20)16-27/h4-15,17H,1-3H3. The fourth-order valence-corrected chi connectivity index (χ4v) is 3.45. The molecule has 162 valence electrons. The van der Waals surface area contributed by atoms with Crippen molar-refractivity contribution in [3.8, 4) is 22.9 Å². The Balaban J connectivity index is 1.77. The molecule has 0 saturated carbocycles. The van der Waals surface area contributed by atoms with Crippen molar-refractivity contribution in [2.75, 3.05) is 14.1 Å². The average molecular weight is 435 g/mol. The monoisotopic (exact) mass is 434 g/mol. The lowest BCUT2D eigenvalue weighted by Gasteiger charge is -2.13. The fourth-order valence-electron chi connectivity index (χ4n) is 3.45. The van der Waals surface area contributed by atoms with Crippen LogP contribution >= 0.6 is 0 Å². The molecule has 0 saturated heterocycles. The highest BCUT2D eigenvalue weighted by molar-refractivity contribution is 6.28. The summed E-state index contributed by atoms with van der Waals surface area (Å²) in [6.07, 6.45) is 1.72. The van der Waals surface area contributed by atoms with Gasteiger partial charge in [0, 0.05) is 25.9 Å². The lowest BCUT2D eigenvalue weighted by molar-refractivity contribution is 0.105. The molecular weight excluding hydrogens is 412 g/mol. The molecule has 3 aromatic carbocycles. The molecule has 1 heterocycles. The van der Waals surface area contributed by atoms with Crippen LogP contribution in [-0.4, -0.2) is 45.0 Å². The normalized spacial score (nSPS) is 11.2. The maximum Gasteiger partial charge on any atom is 0.198 e. The number of nitriles is 1. The minimum atomic E-state index is -0.204. The molecule has 0 aliphatic rings. The van der Waals surface area contributed by atoms with E-state index < -0.39 is 0 Å². The van der Waals surface area contributed by atoms with Crippen LogP contribution in [0, 0.1) is 18.3 Å². The molecule has 0 aliphatic carbocycles. The van der Waals surface area contributed by atoms with Gasteiger partial charge in [-0.2, -0.15) is 9.94 Å². The predicted molar refractivity (Wildman–Crippen MR) is 126 cm³/mol. The summed E-state index contributed by atoms with van der Waals surface area (Å²) in [5.41, 5.74) is 5.03. The molecule has 33 heavy (non-hydrogen) atoms. The Morgan fingerprint density at radius 1 is 1.00 bits per heavy atom. The molecule has 0 atom stereocenters. The number of allylic oxidation sites excluding steroid dienone is 1. The fraction of sp³-hybridized carbons (Fsp3) is 0.115. The highest BCUT2D eigenvalue weighted by Gasteiger charge is 2.22. The third-order valence-corrected chi connectivity index (χ3v) is 5.07. The number of ketones is 1. The van der Waals surface area contributed by atoms with Crippen molar-refractivity contribution < 1.29 is 4.79 Å². The van der Waals surface area contributed by atoms with Crippen LogP contribution in [0.3, 0.4) is 0 Å².